The molecule has 112 valence electrons. The van der Waals surface area contributed by atoms with E-state index >= 15 is 0 Å². The number of nitrogens with one attached hydrogen (secondary N) is 1. The third-order valence-corrected chi connectivity index (χ3v) is 5.06. The molecule has 0 saturated heterocycles. The molecule has 0 saturated carbocycles. The Morgan fingerprint density at radius 3 is 2.82 bits per heavy atom. The molecule has 0 radical (unpaired) electrons. The zero-order valence-electron chi connectivity index (χ0n) is 13.2. The molecular formula is C18H20N2SSi. The molecule has 2 heterocycles. The highest BCUT2D eigenvalue weighted by atomic mass is 32.1. The van der Waals surface area contributed by atoms with Crippen molar-refractivity contribution in [3.8, 4) is 11.5 Å². The molecule has 0 amide bonds. The van der Waals surface area contributed by atoms with Crippen LogP contribution in [0, 0.1) is 11.5 Å². The van der Waals surface area contributed by atoms with Crippen molar-refractivity contribution in [2.75, 3.05) is 18.4 Å². The van der Waals surface area contributed by atoms with Gasteiger partial charge in [0.1, 0.15) is 8.07 Å². The molecule has 0 bridgehead atoms. The topological polar surface area (TPSA) is 24.4 Å². The molecule has 2 aromatic rings. The van der Waals surface area contributed by atoms with Crippen molar-refractivity contribution in [3.63, 3.8) is 0 Å². The van der Waals surface area contributed by atoms with Gasteiger partial charge in [-0.1, -0.05) is 31.6 Å². The van der Waals surface area contributed by atoms with Gasteiger partial charge in [-0.15, -0.1) is 16.9 Å². The molecule has 1 aliphatic rings. The highest BCUT2D eigenvalue weighted by Crippen LogP contribution is 2.25. The van der Waals surface area contributed by atoms with E-state index in [1.165, 1.54) is 10.4 Å². The largest absolute Gasteiger partial charge is 0.383 e. The number of nitrogens with zero attached hydrogens (tertiary/aromatic N) is 1. The predicted molar refractivity (Wildman–Crippen MR) is 100.0 cm³/mol. The maximum absolute atomic E-state index is 4.78. The normalized spacial score (nSPS) is 14.0. The summed E-state index contributed by atoms with van der Waals surface area (Å²) in [4.78, 5) is 6.00. The molecule has 4 heteroatoms. The summed E-state index contributed by atoms with van der Waals surface area (Å²) in [6.07, 6.45) is 0. The van der Waals surface area contributed by atoms with Crippen molar-refractivity contribution in [2.24, 2.45) is 4.99 Å². The molecule has 2 nitrogen and oxygen atoms in total. The van der Waals surface area contributed by atoms with Gasteiger partial charge in [0.15, 0.2) is 0 Å². The number of benzene rings is 1. The number of thiophene rings is 1. The summed E-state index contributed by atoms with van der Waals surface area (Å²) >= 11 is 1.74. The fourth-order valence-electron chi connectivity index (χ4n) is 2.30. The van der Waals surface area contributed by atoms with Crippen molar-refractivity contribution in [2.45, 2.75) is 19.6 Å². The lowest BCUT2D eigenvalue weighted by Crippen LogP contribution is -2.16. The summed E-state index contributed by atoms with van der Waals surface area (Å²) < 4.78 is 0. The van der Waals surface area contributed by atoms with Gasteiger partial charge in [0, 0.05) is 23.4 Å². The molecule has 0 atom stereocenters. The molecule has 22 heavy (non-hydrogen) atoms. The molecule has 0 aliphatic carbocycles. The molecule has 0 unspecified atom stereocenters. The van der Waals surface area contributed by atoms with Crippen molar-refractivity contribution >= 4 is 30.8 Å². The zero-order valence-corrected chi connectivity index (χ0v) is 15.1. The lowest BCUT2D eigenvalue weighted by Gasteiger charge is -2.10. The summed E-state index contributed by atoms with van der Waals surface area (Å²) in [6.45, 7) is 8.48. The van der Waals surface area contributed by atoms with Gasteiger partial charge in [-0.25, -0.2) is 0 Å². The number of anilines is 1. The van der Waals surface area contributed by atoms with Crippen LogP contribution in [-0.2, 0) is 0 Å². The van der Waals surface area contributed by atoms with Crippen LogP contribution >= 0.6 is 11.3 Å². The van der Waals surface area contributed by atoms with Gasteiger partial charge < -0.3 is 5.32 Å². The summed E-state index contributed by atoms with van der Waals surface area (Å²) in [5, 5.41) is 5.57. The van der Waals surface area contributed by atoms with E-state index in [1.54, 1.807) is 11.3 Å². The van der Waals surface area contributed by atoms with Crippen LogP contribution in [-0.4, -0.2) is 26.9 Å². The summed E-state index contributed by atoms with van der Waals surface area (Å²) in [5.41, 5.74) is 7.93. The van der Waals surface area contributed by atoms with Gasteiger partial charge >= 0.3 is 0 Å². The highest BCUT2D eigenvalue weighted by Gasteiger charge is 2.16. The molecule has 0 fully saturated rings. The van der Waals surface area contributed by atoms with Crippen molar-refractivity contribution in [1.82, 2.24) is 0 Å². The van der Waals surface area contributed by atoms with Gasteiger partial charge in [0.05, 0.1) is 17.1 Å². The molecular weight excluding hydrogens is 304 g/mol. The van der Waals surface area contributed by atoms with Gasteiger partial charge in [-0.2, -0.15) is 0 Å². The lowest BCUT2D eigenvalue weighted by atomic mass is 10.0. The maximum atomic E-state index is 4.78. The second-order valence-electron chi connectivity index (χ2n) is 6.39. The Labute approximate surface area is 137 Å². The average molecular weight is 325 g/mol. The van der Waals surface area contributed by atoms with Crippen LogP contribution in [0.2, 0.25) is 19.6 Å². The zero-order chi connectivity index (χ0) is 15.6. The summed E-state index contributed by atoms with van der Waals surface area (Å²) in [6, 6.07) is 10.6. The van der Waals surface area contributed by atoms with Gasteiger partial charge in [-0.3, -0.25) is 4.99 Å². The summed E-state index contributed by atoms with van der Waals surface area (Å²) in [7, 11) is -1.36. The predicted octanol–water partition coefficient (Wildman–Crippen LogP) is 4.24. The minimum absolute atomic E-state index is 0.803. The van der Waals surface area contributed by atoms with Crippen LogP contribution in [0.5, 0.6) is 0 Å². The number of rotatable bonds is 1. The number of fused-ring (bicyclic) bond motifs is 1. The standard InChI is InChI=1S/C18H20N2SSi/c1-22(2,3)12-8-14-6-7-16-15(13-14)18(20-10-9-19-16)17-5-4-11-21-17/h4-7,11,13,19H,9-10H2,1-3H3. The Bertz CT molecular complexity index is 759. The Balaban J connectivity index is 2.06. The van der Waals surface area contributed by atoms with E-state index in [4.69, 9.17) is 4.99 Å². The minimum Gasteiger partial charge on any atom is -0.383 e. The maximum Gasteiger partial charge on any atom is 0.129 e. The fourth-order valence-corrected chi connectivity index (χ4v) is 3.57. The van der Waals surface area contributed by atoms with Gasteiger partial charge in [0.2, 0.25) is 0 Å². The van der Waals surface area contributed by atoms with E-state index in [9.17, 15) is 0 Å². The van der Waals surface area contributed by atoms with E-state index in [2.05, 4.69) is 72.1 Å². The van der Waals surface area contributed by atoms with Crippen LogP contribution in [0.4, 0.5) is 5.69 Å². The van der Waals surface area contributed by atoms with E-state index in [0.717, 1.165) is 30.1 Å². The van der Waals surface area contributed by atoms with Crippen LogP contribution < -0.4 is 5.32 Å². The van der Waals surface area contributed by atoms with E-state index in [1.807, 2.05) is 0 Å². The minimum atomic E-state index is -1.36. The molecule has 1 aliphatic heterocycles. The van der Waals surface area contributed by atoms with Crippen LogP contribution in [0.1, 0.15) is 16.0 Å². The molecule has 0 spiro atoms. The molecule has 1 aromatic heterocycles. The van der Waals surface area contributed by atoms with Crippen molar-refractivity contribution in [1.29, 1.82) is 0 Å². The number of hydrogen-bond donors (Lipinski definition) is 1. The van der Waals surface area contributed by atoms with Crippen LogP contribution in [0.25, 0.3) is 0 Å². The third kappa shape index (κ3) is 3.49. The van der Waals surface area contributed by atoms with Gasteiger partial charge in [-0.05, 0) is 29.6 Å². The van der Waals surface area contributed by atoms with E-state index in [0.29, 0.717) is 0 Å². The van der Waals surface area contributed by atoms with Crippen molar-refractivity contribution in [3.05, 3.63) is 51.7 Å². The fraction of sp³-hybridized carbons (Fsp3) is 0.278. The first-order valence-corrected chi connectivity index (χ1v) is 11.9. The highest BCUT2D eigenvalue weighted by molar-refractivity contribution is 7.12. The first-order valence-electron chi connectivity index (χ1n) is 7.53. The Hall–Kier alpha value is -1.83. The lowest BCUT2D eigenvalue weighted by molar-refractivity contribution is 1.04. The average Bonchev–Trinajstić information content (AvgIpc) is 2.91. The van der Waals surface area contributed by atoms with Crippen molar-refractivity contribution < 1.29 is 0 Å². The first kappa shape index (κ1) is 15.1. The Morgan fingerprint density at radius 2 is 2.09 bits per heavy atom. The Kier molecular flexibility index (Phi) is 4.19. The van der Waals surface area contributed by atoms with E-state index in [-0.39, 0.29) is 0 Å². The SMILES string of the molecule is C[Si](C)(C)C#Cc1ccc2c(c1)C(c1cccs1)=NCCN2. The Morgan fingerprint density at radius 1 is 1.23 bits per heavy atom. The monoisotopic (exact) mass is 324 g/mol. The van der Waals surface area contributed by atoms with Crippen LogP contribution in [0.15, 0.2) is 40.7 Å². The second kappa shape index (κ2) is 6.11. The quantitative estimate of drug-likeness (QED) is 0.616. The molecule has 1 N–H and O–H groups in total. The first-order chi connectivity index (χ1) is 10.5. The number of aliphatic imine (C=N–C) groups is 1. The van der Waals surface area contributed by atoms with Crippen LogP contribution in [0.3, 0.4) is 0 Å². The number of benzodiazepines with no additional fused rings is 1. The van der Waals surface area contributed by atoms with Gasteiger partial charge in [0.25, 0.3) is 0 Å². The second-order valence-corrected chi connectivity index (χ2v) is 12.1. The summed E-state index contributed by atoms with van der Waals surface area (Å²) in [5.74, 6) is 3.35. The van der Waals surface area contributed by atoms with E-state index < -0.39 is 8.07 Å². The number of hydrogen-bond acceptors (Lipinski definition) is 3. The molecule has 1 aromatic carbocycles. The smallest absolute Gasteiger partial charge is 0.129 e. The molecule has 3 rings (SSSR count). The third-order valence-electron chi connectivity index (χ3n) is 3.31.